The number of nitrogens with zero attached hydrogens (tertiary/aromatic N) is 1. The van der Waals surface area contributed by atoms with Crippen molar-refractivity contribution in [2.45, 2.75) is 19.8 Å². The third kappa shape index (κ3) is 3.57. The summed E-state index contributed by atoms with van der Waals surface area (Å²) in [5.41, 5.74) is 2.39. The molecule has 0 atom stereocenters. The van der Waals surface area contributed by atoms with Crippen molar-refractivity contribution in [3.8, 4) is 0 Å². The summed E-state index contributed by atoms with van der Waals surface area (Å²) >= 11 is 0. The molecule has 1 aromatic carbocycles. The van der Waals surface area contributed by atoms with Gasteiger partial charge in [0.25, 0.3) is 0 Å². The van der Waals surface area contributed by atoms with Gasteiger partial charge in [0.15, 0.2) is 5.78 Å². The molecule has 2 rings (SSSR count). The number of anilines is 1. The molecule has 4 heteroatoms. The van der Waals surface area contributed by atoms with Crippen LogP contribution in [-0.4, -0.2) is 16.3 Å². The van der Waals surface area contributed by atoms with Crippen molar-refractivity contribution in [3.05, 3.63) is 53.9 Å². The third-order valence-electron chi connectivity index (χ3n) is 3.21. The minimum absolute atomic E-state index is 0.00934. The highest BCUT2D eigenvalue weighted by Crippen LogP contribution is 2.12. The Hall–Kier alpha value is -2.36. The average Bonchev–Trinajstić information content (AvgIpc) is 2.82. The number of aryl methyl sites for hydroxylation is 2. The lowest BCUT2D eigenvalue weighted by molar-refractivity contribution is -0.116. The summed E-state index contributed by atoms with van der Waals surface area (Å²) in [5.74, 6) is -0.0585. The zero-order valence-electron chi connectivity index (χ0n) is 11.7. The van der Waals surface area contributed by atoms with Crippen molar-refractivity contribution in [1.82, 2.24) is 4.57 Å². The SMILES string of the molecule is CC(=O)c1cccc(NC(=O)CCc2cccn2C)c1. The fourth-order valence-electron chi connectivity index (χ4n) is 2.04. The molecule has 0 bridgehead atoms. The van der Waals surface area contributed by atoms with Gasteiger partial charge >= 0.3 is 0 Å². The number of Topliss-reactive ketones (excluding diaryl/α,β-unsaturated/α-hetero) is 1. The number of nitrogens with one attached hydrogen (secondary N) is 1. The number of hydrogen-bond donors (Lipinski definition) is 1. The van der Waals surface area contributed by atoms with Gasteiger partial charge in [-0.25, -0.2) is 0 Å². The van der Waals surface area contributed by atoms with Gasteiger partial charge in [0.1, 0.15) is 0 Å². The van der Waals surface area contributed by atoms with Crippen molar-refractivity contribution < 1.29 is 9.59 Å². The number of carbonyl (C=O) groups is 2. The number of hydrogen-bond acceptors (Lipinski definition) is 2. The molecule has 1 aromatic heterocycles. The number of benzene rings is 1. The van der Waals surface area contributed by atoms with Gasteiger partial charge in [-0.15, -0.1) is 0 Å². The van der Waals surface area contributed by atoms with E-state index in [9.17, 15) is 9.59 Å². The Morgan fingerprint density at radius 3 is 2.65 bits per heavy atom. The van der Waals surface area contributed by atoms with E-state index in [2.05, 4.69) is 5.32 Å². The van der Waals surface area contributed by atoms with Gasteiger partial charge in [0.05, 0.1) is 0 Å². The summed E-state index contributed by atoms with van der Waals surface area (Å²) < 4.78 is 2.00. The van der Waals surface area contributed by atoms with Crippen LogP contribution in [0.2, 0.25) is 0 Å². The van der Waals surface area contributed by atoms with Crippen LogP contribution in [0.5, 0.6) is 0 Å². The first-order chi connectivity index (χ1) is 9.56. The largest absolute Gasteiger partial charge is 0.354 e. The highest BCUT2D eigenvalue weighted by molar-refractivity contribution is 5.97. The molecule has 0 aliphatic heterocycles. The maximum Gasteiger partial charge on any atom is 0.224 e. The number of aromatic nitrogens is 1. The summed E-state index contributed by atoms with van der Waals surface area (Å²) in [4.78, 5) is 23.2. The van der Waals surface area contributed by atoms with Crippen LogP contribution in [0.25, 0.3) is 0 Å². The highest BCUT2D eigenvalue weighted by atomic mass is 16.1. The molecule has 0 aliphatic carbocycles. The van der Waals surface area contributed by atoms with E-state index in [0.717, 1.165) is 5.69 Å². The molecule has 0 aliphatic rings. The topological polar surface area (TPSA) is 51.1 Å². The first kappa shape index (κ1) is 14.1. The molecular formula is C16H18N2O2. The van der Waals surface area contributed by atoms with Gasteiger partial charge in [-0.3, -0.25) is 9.59 Å². The fourth-order valence-corrected chi connectivity index (χ4v) is 2.04. The van der Waals surface area contributed by atoms with Crippen molar-refractivity contribution in [3.63, 3.8) is 0 Å². The molecule has 2 aromatic rings. The Morgan fingerprint density at radius 2 is 2.00 bits per heavy atom. The van der Waals surface area contributed by atoms with Gasteiger partial charge < -0.3 is 9.88 Å². The highest BCUT2D eigenvalue weighted by Gasteiger charge is 2.06. The predicted molar refractivity (Wildman–Crippen MR) is 78.8 cm³/mol. The smallest absolute Gasteiger partial charge is 0.224 e. The van der Waals surface area contributed by atoms with Crippen molar-refractivity contribution in [2.75, 3.05) is 5.32 Å². The molecular weight excluding hydrogens is 252 g/mol. The molecule has 0 fully saturated rings. The Kier molecular flexibility index (Phi) is 4.35. The second kappa shape index (κ2) is 6.19. The van der Waals surface area contributed by atoms with E-state index < -0.39 is 0 Å². The molecule has 0 unspecified atom stereocenters. The van der Waals surface area contributed by atoms with Crippen molar-refractivity contribution >= 4 is 17.4 Å². The molecule has 1 amide bonds. The summed E-state index contributed by atoms with van der Waals surface area (Å²) in [7, 11) is 1.96. The number of rotatable bonds is 5. The third-order valence-corrected chi connectivity index (χ3v) is 3.21. The van der Waals surface area contributed by atoms with Crippen LogP contribution < -0.4 is 5.32 Å². The van der Waals surface area contributed by atoms with E-state index in [0.29, 0.717) is 24.1 Å². The van der Waals surface area contributed by atoms with Crippen LogP contribution in [0, 0.1) is 0 Å². The van der Waals surface area contributed by atoms with Crippen LogP contribution >= 0.6 is 0 Å². The minimum atomic E-state index is -0.0492. The average molecular weight is 270 g/mol. The molecule has 20 heavy (non-hydrogen) atoms. The summed E-state index contributed by atoms with van der Waals surface area (Å²) in [6.45, 7) is 1.51. The molecule has 1 heterocycles. The Labute approximate surface area is 118 Å². The lowest BCUT2D eigenvalue weighted by Crippen LogP contribution is -2.13. The molecule has 0 saturated carbocycles. The molecule has 4 nitrogen and oxygen atoms in total. The van der Waals surface area contributed by atoms with E-state index >= 15 is 0 Å². The van der Waals surface area contributed by atoms with Crippen LogP contribution in [0.15, 0.2) is 42.6 Å². The summed E-state index contributed by atoms with van der Waals surface area (Å²) in [5, 5.41) is 2.82. The minimum Gasteiger partial charge on any atom is -0.354 e. The Bertz CT molecular complexity index is 629. The monoisotopic (exact) mass is 270 g/mol. The van der Waals surface area contributed by atoms with Gasteiger partial charge in [-0.1, -0.05) is 12.1 Å². The maximum atomic E-state index is 11.9. The first-order valence-corrected chi connectivity index (χ1v) is 6.57. The second-order valence-corrected chi connectivity index (χ2v) is 4.80. The first-order valence-electron chi connectivity index (χ1n) is 6.57. The Balaban J connectivity index is 1.93. The summed E-state index contributed by atoms with van der Waals surface area (Å²) in [6, 6.07) is 11.0. The van der Waals surface area contributed by atoms with Crippen LogP contribution in [0.3, 0.4) is 0 Å². The standard InChI is InChI=1S/C16H18N2O2/c1-12(19)13-5-3-6-14(11-13)17-16(20)9-8-15-7-4-10-18(15)2/h3-7,10-11H,8-9H2,1-2H3,(H,17,20). The second-order valence-electron chi connectivity index (χ2n) is 4.80. The lowest BCUT2D eigenvalue weighted by Gasteiger charge is -2.07. The quantitative estimate of drug-likeness (QED) is 0.849. The van der Waals surface area contributed by atoms with Crippen molar-refractivity contribution in [1.29, 1.82) is 0 Å². The maximum absolute atomic E-state index is 11.9. The van der Waals surface area contributed by atoms with Gasteiger partial charge in [0, 0.05) is 36.6 Å². The van der Waals surface area contributed by atoms with Gasteiger partial charge in [-0.2, -0.15) is 0 Å². The van der Waals surface area contributed by atoms with Crippen molar-refractivity contribution in [2.24, 2.45) is 7.05 Å². The van der Waals surface area contributed by atoms with E-state index in [1.54, 1.807) is 24.3 Å². The predicted octanol–water partition coefficient (Wildman–Crippen LogP) is 2.80. The zero-order chi connectivity index (χ0) is 14.5. The zero-order valence-corrected chi connectivity index (χ0v) is 11.7. The number of ketones is 1. The normalized spacial score (nSPS) is 10.3. The van der Waals surface area contributed by atoms with Crippen LogP contribution in [0.4, 0.5) is 5.69 Å². The Morgan fingerprint density at radius 1 is 1.20 bits per heavy atom. The molecule has 0 saturated heterocycles. The molecule has 0 radical (unpaired) electrons. The van der Waals surface area contributed by atoms with E-state index in [-0.39, 0.29) is 11.7 Å². The van der Waals surface area contributed by atoms with E-state index in [4.69, 9.17) is 0 Å². The molecule has 104 valence electrons. The van der Waals surface area contributed by atoms with E-state index in [1.807, 2.05) is 29.9 Å². The lowest BCUT2D eigenvalue weighted by atomic mass is 10.1. The molecule has 0 spiro atoms. The van der Waals surface area contributed by atoms with Gasteiger partial charge in [0.2, 0.25) is 5.91 Å². The van der Waals surface area contributed by atoms with Gasteiger partial charge in [-0.05, 0) is 37.6 Å². The van der Waals surface area contributed by atoms with E-state index in [1.165, 1.54) is 6.92 Å². The van der Waals surface area contributed by atoms with Crippen LogP contribution in [0.1, 0.15) is 29.4 Å². The summed E-state index contributed by atoms with van der Waals surface area (Å²) in [6.07, 6.45) is 3.08. The number of amides is 1. The fraction of sp³-hybridized carbons (Fsp3) is 0.250. The molecule has 1 N–H and O–H groups in total. The number of carbonyl (C=O) groups excluding carboxylic acids is 2. The van der Waals surface area contributed by atoms with Crippen LogP contribution in [-0.2, 0) is 18.3 Å².